The fourth-order valence-corrected chi connectivity index (χ4v) is 5.90. The van der Waals surface area contributed by atoms with E-state index >= 15 is 0 Å². The van der Waals surface area contributed by atoms with Gasteiger partial charge in [-0.25, -0.2) is 8.78 Å². The zero-order valence-corrected chi connectivity index (χ0v) is 21.8. The fourth-order valence-electron chi connectivity index (χ4n) is 4.33. The number of aromatic nitrogens is 1. The van der Waals surface area contributed by atoms with Crippen LogP contribution in [0.2, 0.25) is 19.6 Å². The van der Waals surface area contributed by atoms with Gasteiger partial charge in [-0.15, -0.1) is 0 Å². The Bertz CT molecular complexity index is 1370. The number of amides is 2. The van der Waals surface area contributed by atoms with Crippen molar-refractivity contribution in [2.24, 2.45) is 0 Å². The van der Waals surface area contributed by atoms with Crippen molar-refractivity contribution in [1.82, 2.24) is 10.1 Å². The average molecular weight is 532 g/mol. The Morgan fingerprint density at radius 3 is 2.46 bits per heavy atom. The maximum atomic E-state index is 14.8. The van der Waals surface area contributed by atoms with Gasteiger partial charge >= 0.3 is 0 Å². The molecule has 0 saturated heterocycles. The van der Waals surface area contributed by atoms with E-state index < -0.39 is 43.1 Å². The van der Waals surface area contributed by atoms with Gasteiger partial charge in [-0.1, -0.05) is 19.6 Å². The SMILES string of the molecule is COc1ccc2c(c1)OCCN(C(=O)Cc1cc(=O)[nH]o1)C2C(=O)Nc1cc(F)c([Si](C)(C)C)c(F)c1. The molecular weight excluding hydrogens is 504 g/mol. The number of nitrogens with one attached hydrogen (secondary N) is 2. The molecule has 1 aliphatic heterocycles. The number of rotatable bonds is 6. The highest BCUT2D eigenvalue weighted by atomic mass is 28.3. The molecule has 1 atom stereocenters. The number of methoxy groups -OCH3 is 1. The molecule has 2 amide bonds. The molecule has 37 heavy (non-hydrogen) atoms. The fraction of sp³-hybridized carbons (Fsp3) is 0.320. The Morgan fingerprint density at radius 1 is 1.16 bits per heavy atom. The molecule has 0 radical (unpaired) electrons. The van der Waals surface area contributed by atoms with Crippen molar-refractivity contribution in [3.8, 4) is 11.5 Å². The third kappa shape index (κ3) is 5.58. The summed E-state index contributed by atoms with van der Waals surface area (Å²) in [4.78, 5) is 39.6. The summed E-state index contributed by atoms with van der Waals surface area (Å²) in [6.07, 6.45) is -0.290. The summed E-state index contributed by atoms with van der Waals surface area (Å²) in [5.41, 5.74) is -0.217. The van der Waals surface area contributed by atoms with E-state index in [-0.39, 0.29) is 36.2 Å². The number of benzene rings is 2. The van der Waals surface area contributed by atoms with E-state index in [1.54, 1.807) is 18.2 Å². The van der Waals surface area contributed by atoms with E-state index in [4.69, 9.17) is 14.0 Å². The largest absolute Gasteiger partial charge is 0.497 e. The van der Waals surface area contributed by atoms with Gasteiger partial charge in [0.25, 0.3) is 11.5 Å². The number of aromatic amines is 1. The maximum absolute atomic E-state index is 14.8. The van der Waals surface area contributed by atoms with Gasteiger partial charge in [0.1, 0.15) is 41.5 Å². The molecule has 3 aromatic rings. The molecule has 1 aromatic heterocycles. The summed E-state index contributed by atoms with van der Waals surface area (Å²) < 4.78 is 45.7. The Labute approximate surface area is 212 Å². The average Bonchev–Trinajstić information content (AvgIpc) is 3.11. The Balaban J connectivity index is 1.71. The van der Waals surface area contributed by atoms with Crippen molar-refractivity contribution >= 4 is 30.8 Å². The molecule has 4 rings (SSSR count). The van der Waals surface area contributed by atoms with Crippen molar-refractivity contribution in [1.29, 1.82) is 0 Å². The van der Waals surface area contributed by atoms with Crippen LogP contribution in [0.25, 0.3) is 0 Å². The topological polar surface area (TPSA) is 114 Å². The van der Waals surface area contributed by atoms with Gasteiger partial charge in [0.05, 0.1) is 28.1 Å². The van der Waals surface area contributed by atoms with Crippen molar-refractivity contribution in [2.75, 3.05) is 25.6 Å². The highest BCUT2D eigenvalue weighted by Crippen LogP contribution is 2.36. The minimum absolute atomic E-state index is 0.0276. The smallest absolute Gasteiger partial charge is 0.280 e. The second-order valence-corrected chi connectivity index (χ2v) is 14.7. The van der Waals surface area contributed by atoms with Crippen LogP contribution in [0.5, 0.6) is 11.5 Å². The standard InChI is InChI=1S/C25H27F2N3O6Si/c1-34-15-5-6-17-20(11-15)35-8-7-30(22(32)13-16-12-21(31)29-36-16)23(17)25(33)28-14-9-18(26)24(19(27)10-14)37(2,3)4/h5-6,9-12,23H,7-8,13H2,1-4H3,(H,28,33)(H,29,31). The van der Waals surface area contributed by atoms with Crippen molar-refractivity contribution in [2.45, 2.75) is 32.1 Å². The number of H-pyrrole nitrogens is 1. The number of ether oxygens (including phenoxy) is 2. The molecule has 196 valence electrons. The molecule has 9 nitrogen and oxygen atoms in total. The van der Waals surface area contributed by atoms with Gasteiger partial charge in [-0.05, 0) is 24.3 Å². The predicted molar refractivity (Wildman–Crippen MR) is 134 cm³/mol. The molecule has 0 spiro atoms. The lowest BCUT2D eigenvalue weighted by molar-refractivity contribution is -0.138. The van der Waals surface area contributed by atoms with Crippen LogP contribution in [0.4, 0.5) is 14.5 Å². The molecule has 2 N–H and O–H groups in total. The number of halogens is 2. The van der Waals surface area contributed by atoms with Crippen LogP contribution in [-0.2, 0) is 16.0 Å². The Kier molecular flexibility index (Phi) is 7.21. The lowest BCUT2D eigenvalue weighted by atomic mass is 10.0. The van der Waals surface area contributed by atoms with Crippen LogP contribution in [0.15, 0.2) is 45.7 Å². The molecule has 1 unspecified atom stereocenters. The van der Waals surface area contributed by atoms with Crippen LogP contribution in [0, 0.1) is 11.6 Å². The van der Waals surface area contributed by atoms with E-state index in [1.165, 1.54) is 12.0 Å². The first kappa shape index (κ1) is 26.1. The highest BCUT2D eigenvalue weighted by Gasteiger charge is 2.36. The number of nitrogens with zero attached hydrogens (tertiary/aromatic N) is 1. The Morgan fingerprint density at radius 2 is 1.86 bits per heavy atom. The quantitative estimate of drug-likeness (QED) is 0.473. The highest BCUT2D eigenvalue weighted by molar-refractivity contribution is 6.88. The summed E-state index contributed by atoms with van der Waals surface area (Å²) in [7, 11) is -0.837. The van der Waals surface area contributed by atoms with E-state index in [0.717, 1.165) is 18.2 Å². The molecule has 0 fully saturated rings. The molecule has 2 aromatic carbocycles. The van der Waals surface area contributed by atoms with Crippen molar-refractivity contribution in [3.63, 3.8) is 0 Å². The number of carbonyl (C=O) groups is 2. The lowest BCUT2D eigenvalue weighted by Gasteiger charge is -2.29. The van der Waals surface area contributed by atoms with Crippen LogP contribution >= 0.6 is 0 Å². The summed E-state index contributed by atoms with van der Waals surface area (Å²) in [5, 5.41) is 4.72. The van der Waals surface area contributed by atoms with Crippen LogP contribution in [0.3, 0.4) is 0 Å². The molecule has 1 aliphatic rings. The first-order chi connectivity index (χ1) is 17.5. The zero-order valence-electron chi connectivity index (χ0n) is 20.8. The second kappa shape index (κ2) is 10.2. The number of fused-ring (bicyclic) bond motifs is 1. The number of hydrogen-bond donors (Lipinski definition) is 2. The van der Waals surface area contributed by atoms with Crippen LogP contribution in [-0.4, -0.2) is 50.2 Å². The zero-order chi connectivity index (χ0) is 26.9. The first-order valence-corrected chi connectivity index (χ1v) is 15.1. The second-order valence-electron chi connectivity index (χ2n) is 9.65. The van der Waals surface area contributed by atoms with Gasteiger partial charge in [-0.2, -0.15) is 5.16 Å². The van der Waals surface area contributed by atoms with Gasteiger partial charge in [0.15, 0.2) is 0 Å². The normalized spacial score (nSPS) is 15.4. The van der Waals surface area contributed by atoms with Crippen molar-refractivity contribution < 1.29 is 32.4 Å². The number of anilines is 1. The maximum Gasteiger partial charge on any atom is 0.280 e. The molecule has 0 saturated carbocycles. The van der Waals surface area contributed by atoms with E-state index in [0.29, 0.717) is 17.1 Å². The molecule has 12 heteroatoms. The van der Waals surface area contributed by atoms with Crippen molar-refractivity contribution in [3.05, 3.63) is 69.7 Å². The third-order valence-electron chi connectivity index (χ3n) is 5.95. The third-order valence-corrected chi connectivity index (χ3v) is 7.92. The van der Waals surface area contributed by atoms with Gasteiger partial charge in [0.2, 0.25) is 5.91 Å². The van der Waals surface area contributed by atoms with E-state index in [9.17, 15) is 23.2 Å². The first-order valence-electron chi connectivity index (χ1n) is 11.6. The Hall–Kier alpha value is -3.93. The minimum atomic E-state index is -2.32. The molecule has 2 heterocycles. The lowest BCUT2D eigenvalue weighted by Crippen LogP contribution is -2.43. The van der Waals surface area contributed by atoms with E-state index in [1.807, 2.05) is 19.6 Å². The minimum Gasteiger partial charge on any atom is -0.497 e. The van der Waals surface area contributed by atoms with Crippen LogP contribution < -0.4 is 25.5 Å². The molecule has 0 bridgehead atoms. The monoisotopic (exact) mass is 531 g/mol. The van der Waals surface area contributed by atoms with Crippen LogP contribution in [0.1, 0.15) is 17.4 Å². The van der Waals surface area contributed by atoms with Gasteiger partial charge in [-0.3, -0.25) is 14.4 Å². The summed E-state index contributed by atoms with van der Waals surface area (Å²) in [6.45, 7) is 5.56. The number of carbonyl (C=O) groups excluding carboxylic acids is 2. The van der Waals surface area contributed by atoms with Gasteiger partial charge < -0.3 is 24.2 Å². The summed E-state index contributed by atoms with van der Waals surface area (Å²) >= 11 is 0. The number of hydrogen-bond acceptors (Lipinski definition) is 6. The predicted octanol–water partition coefficient (Wildman–Crippen LogP) is 2.94. The molecular formula is C25H27F2N3O6Si. The summed E-state index contributed by atoms with van der Waals surface area (Å²) in [5.74, 6) is -1.77. The van der Waals surface area contributed by atoms with E-state index in [2.05, 4.69) is 10.5 Å². The summed E-state index contributed by atoms with van der Waals surface area (Å²) in [6, 6.07) is 6.90. The molecule has 0 aliphatic carbocycles. The van der Waals surface area contributed by atoms with Gasteiger partial charge in [0, 0.05) is 28.6 Å².